The highest BCUT2D eigenvalue weighted by Gasteiger charge is 2.22. The molecular formula is C18H24ClN3O. The van der Waals surface area contributed by atoms with Crippen LogP contribution in [0.4, 0.5) is 0 Å². The summed E-state index contributed by atoms with van der Waals surface area (Å²) < 4.78 is 5.79. The van der Waals surface area contributed by atoms with Crippen LogP contribution < -0.4 is 10.5 Å². The smallest absolute Gasteiger partial charge is 0.232 e. The first kappa shape index (κ1) is 17.7. The van der Waals surface area contributed by atoms with Gasteiger partial charge in [-0.2, -0.15) is 0 Å². The molecule has 0 spiro atoms. The van der Waals surface area contributed by atoms with Gasteiger partial charge in [0.1, 0.15) is 11.6 Å². The molecule has 0 radical (unpaired) electrons. The Morgan fingerprint density at radius 3 is 2.57 bits per heavy atom. The minimum atomic E-state index is -0.406. The summed E-state index contributed by atoms with van der Waals surface area (Å²) in [5.41, 5.74) is 8.73. The highest BCUT2D eigenvalue weighted by Crippen LogP contribution is 2.31. The van der Waals surface area contributed by atoms with Gasteiger partial charge in [0.25, 0.3) is 0 Å². The summed E-state index contributed by atoms with van der Waals surface area (Å²) in [6.07, 6.45) is 4.37. The van der Waals surface area contributed by atoms with Crippen molar-refractivity contribution in [2.45, 2.75) is 39.7 Å². The van der Waals surface area contributed by atoms with E-state index in [1.165, 1.54) is 0 Å². The lowest BCUT2D eigenvalue weighted by Crippen LogP contribution is -2.43. The third-order valence-electron chi connectivity index (χ3n) is 3.54. The summed E-state index contributed by atoms with van der Waals surface area (Å²) in [7, 11) is 0. The SMILES string of the molecule is Cc1nc(OCC(C)(N)CC(C)C)c(Cl)cc1-c1ccncc1. The minimum Gasteiger partial charge on any atom is -0.475 e. The predicted octanol–water partition coefficient (Wildman–Crippen LogP) is 4.25. The van der Waals surface area contributed by atoms with E-state index in [-0.39, 0.29) is 0 Å². The van der Waals surface area contributed by atoms with Gasteiger partial charge in [0.15, 0.2) is 0 Å². The molecule has 2 rings (SSSR count). The van der Waals surface area contributed by atoms with Crippen molar-refractivity contribution in [3.05, 3.63) is 41.3 Å². The molecule has 2 aromatic heterocycles. The van der Waals surface area contributed by atoms with Crippen LogP contribution in [0.15, 0.2) is 30.6 Å². The minimum absolute atomic E-state index is 0.381. The maximum atomic E-state index is 6.34. The monoisotopic (exact) mass is 333 g/mol. The van der Waals surface area contributed by atoms with E-state index >= 15 is 0 Å². The van der Waals surface area contributed by atoms with Gasteiger partial charge in [-0.25, -0.2) is 4.98 Å². The Bertz CT molecular complexity index is 657. The van der Waals surface area contributed by atoms with E-state index in [1.807, 2.05) is 32.0 Å². The van der Waals surface area contributed by atoms with Gasteiger partial charge in [0, 0.05) is 29.2 Å². The maximum Gasteiger partial charge on any atom is 0.232 e. The second kappa shape index (κ2) is 7.28. The summed E-state index contributed by atoms with van der Waals surface area (Å²) in [6, 6.07) is 5.74. The molecule has 0 fully saturated rings. The maximum absolute atomic E-state index is 6.34. The van der Waals surface area contributed by atoms with Gasteiger partial charge in [-0.05, 0) is 49.9 Å². The van der Waals surface area contributed by atoms with Crippen molar-refractivity contribution in [1.29, 1.82) is 0 Å². The molecule has 5 heteroatoms. The number of nitrogens with two attached hydrogens (primary N) is 1. The van der Waals surface area contributed by atoms with Gasteiger partial charge < -0.3 is 10.5 Å². The standard InChI is InChI=1S/C18H24ClN3O/c1-12(2)10-18(4,20)11-23-17-16(19)9-15(13(3)22-17)14-5-7-21-8-6-14/h5-9,12H,10-11,20H2,1-4H3. The van der Waals surface area contributed by atoms with Gasteiger partial charge in [-0.3, -0.25) is 4.98 Å². The second-order valence-electron chi connectivity index (χ2n) is 6.68. The fourth-order valence-corrected chi connectivity index (χ4v) is 2.91. The molecule has 0 aromatic carbocycles. The van der Waals surface area contributed by atoms with Crippen LogP contribution in [0.1, 0.15) is 32.9 Å². The third-order valence-corrected chi connectivity index (χ3v) is 3.81. The number of ether oxygens (including phenoxy) is 1. The molecule has 0 aliphatic rings. The second-order valence-corrected chi connectivity index (χ2v) is 7.09. The molecule has 2 N–H and O–H groups in total. The first-order valence-corrected chi connectivity index (χ1v) is 8.15. The van der Waals surface area contributed by atoms with Crippen LogP contribution in [0.2, 0.25) is 5.02 Å². The predicted molar refractivity (Wildman–Crippen MR) is 94.8 cm³/mol. The number of hydrogen-bond donors (Lipinski definition) is 1. The largest absolute Gasteiger partial charge is 0.475 e. The average molecular weight is 334 g/mol. The molecule has 0 aliphatic heterocycles. The molecule has 4 nitrogen and oxygen atoms in total. The molecule has 0 aliphatic carbocycles. The van der Waals surface area contributed by atoms with Crippen LogP contribution in [-0.4, -0.2) is 22.1 Å². The van der Waals surface area contributed by atoms with Crippen molar-refractivity contribution >= 4 is 11.6 Å². The van der Waals surface area contributed by atoms with Crippen molar-refractivity contribution in [3.8, 4) is 17.0 Å². The zero-order chi connectivity index (χ0) is 17.0. The van der Waals surface area contributed by atoms with Crippen LogP contribution in [0.25, 0.3) is 11.1 Å². The van der Waals surface area contributed by atoms with E-state index in [2.05, 4.69) is 23.8 Å². The fraction of sp³-hybridized carbons (Fsp3) is 0.444. The zero-order valence-electron chi connectivity index (χ0n) is 14.1. The zero-order valence-corrected chi connectivity index (χ0v) is 14.9. The molecule has 124 valence electrons. The van der Waals surface area contributed by atoms with Crippen molar-refractivity contribution in [3.63, 3.8) is 0 Å². The van der Waals surface area contributed by atoms with Crippen molar-refractivity contribution in [1.82, 2.24) is 9.97 Å². The van der Waals surface area contributed by atoms with E-state index in [4.69, 9.17) is 22.1 Å². The van der Waals surface area contributed by atoms with Crippen molar-refractivity contribution in [2.75, 3.05) is 6.61 Å². The fourth-order valence-electron chi connectivity index (χ4n) is 2.71. The Morgan fingerprint density at radius 1 is 1.30 bits per heavy atom. The van der Waals surface area contributed by atoms with E-state index < -0.39 is 5.54 Å². The Morgan fingerprint density at radius 2 is 1.96 bits per heavy atom. The summed E-state index contributed by atoms with van der Waals surface area (Å²) in [5.74, 6) is 0.940. The van der Waals surface area contributed by atoms with Crippen LogP contribution >= 0.6 is 11.6 Å². The van der Waals surface area contributed by atoms with Gasteiger partial charge in [0.05, 0.1) is 0 Å². The first-order valence-electron chi connectivity index (χ1n) is 7.78. The van der Waals surface area contributed by atoms with Gasteiger partial charge in [-0.1, -0.05) is 25.4 Å². The number of halogens is 1. The van der Waals surface area contributed by atoms with Crippen molar-refractivity contribution in [2.24, 2.45) is 11.7 Å². The number of nitrogens with zero attached hydrogens (tertiary/aromatic N) is 2. The Hall–Kier alpha value is -1.65. The number of aromatic nitrogens is 2. The molecule has 1 atom stereocenters. The summed E-state index contributed by atoms with van der Waals surface area (Å²) in [4.78, 5) is 8.53. The molecule has 2 heterocycles. The first-order chi connectivity index (χ1) is 10.8. The number of rotatable bonds is 6. The summed E-state index contributed by atoms with van der Waals surface area (Å²) in [5, 5.41) is 0.489. The molecule has 23 heavy (non-hydrogen) atoms. The highest BCUT2D eigenvalue weighted by molar-refractivity contribution is 6.32. The highest BCUT2D eigenvalue weighted by atomic mass is 35.5. The molecule has 0 amide bonds. The van der Waals surface area contributed by atoms with Crippen LogP contribution in [0.3, 0.4) is 0 Å². The van der Waals surface area contributed by atoms with Gasteiger partial charge >= 0.3 is 0 Å². The lowest BCUT2D eigenvalue weighted by molar-refractivity contribution is 0.200. The number of pyridine rings is 2. The summed E-state index contributed by atoms with van der Waals surface area (Å²) >= 11 is 6.34. The van der Waals surface area contributed by atoms with Crippen molar-refractivity contribution < 1.29 is 4.74 Å². The number of hydrogen-bond acceptors (Lipinski definition) is 4. The Balaban J connectivity index is 2.18. The Labute approximate surface area is 143 Å². The lowest BCUT2D eigenvalue weighted by atomic mass is 9.93. The molecule has 1 unspecified atom stereocenters. The lowest BCUT2D eigenvalue weighted by Gasteiger charge is -2.26. The topological polar surface area (TPSA) is 61.0 Å². The molecule has 0 saturated carbocycles. The normalized spacial score (nSPS) is 13.9. The van der Waals surface area contributed by atoms with Gasteiger partial charge in [-0.15, -0.1) is 0 Å². The van der Waals surface area contributed by atoms with E-state index in [9.17, 15) is 0 Å². The van der Waals surface area contributed by atoms with Crippen LogP contribution in [0, 0.1) is 12.8 Å². The molecule has 0 bridgehead atoms. The third kappa shape index (κ3) is 4.91. The van der Waals surface area contributed by atoms with E-state index in [0.29, 0.717) is 23.4 Å². The van der Waals surface area contributed by atoms with E-state index in [0.717, 1.165) is 23.2 Å². The average Bonchev–Trinajstić information content (AvgIpc) is 2.47. The van der Waals surface area contributed by atoms with Crippen LogP contribution in [-0.2, 0) is 0 Å². The Kier molecular flexibility index (Phi) is 5.60. The molecule has 2 aromatic rings. The molecular weight excluding hydrogens is 310 g/mol. The van der Waals surface area contributed by atoms with Crippen LogP contribution in [0.5, 0.6) is 5.88 Å². The summed E-state index contributed by atoms with van der Waals surface area (Å²) in [6.45, 7) is 8.59. The quantitative estimate of drug-likeness (QED) is 0.858. The number of aryl methyl sites for hydroxylation is 1. The van der Waals surface area contributed by atoms with E-state index in [1.54, 1.807) is 12.4 Å². The molecule has 0 saturated heterocycles. The van der Waals surface area contributed by atoms with Gasteiger partial charge in [0.2, 0.25) is 5.88 Å².